The molecule has 0 aromatic heterocycles. The minimum absolute atomic E-state index is 0.0362. The third-order valence-electron chi connectivity index (χ3n) is 8.15. The van der Waals surface area contributed by atoms with Crippen molar-refractivity contribution in [2.24, 2.45) is 11.7 Å². The molecule has 2 aromatic carbocycles. The summed E-state index contributed by atoms with van der Waals surface area (Å²) in [6.07, 6.45) is 8.16. The number of nitrogens with one attached hydrogen (secondary N) is 1. The molecule has 0 unspecified atom stereocenters. The largest absolute Gasteiger partial charge is 0.493 e. The summed E-state index contributed by atoms with van der Waals surface area (Å²) in [5.41, 5.74) is 5.36. The fraction of sp³-hybridized carbons (Fsp3) is 0.581. The molecule has 1 aliphatic carbocycles. The van der Waals surface area contributed by atoms with Crippen LogP contribution in [0.2, 0.25) is 5.02 Å². The number of hydrogen-bond donors (Lipinski definition) is 2. The molecule has 2 aliphatic rings. The topological polar surface area (TPSA) is 111 Å². The van der Waals surface area contributed by atoms with E-state index in [0.29, 0.717) is 37.5 Å². The highest BCUT2D eigenvalue weighted by Crippen LogP contribution is 2.38. The van der Waals surface area contributed by atoms with Crippen LogP contribution < -0.4 is 19.9 Å². The van der Waals surface area contributed by atoms with Gasteiger partial charge in [-0.3, -0.25) is 4.79 Å². The Morgan fingerprint density at radius 3 is 2.40 bits per heavy atom. The molecule has 0 radical (unpaired) electrons. The fourth-order valence-corrected chi connectivity index (χ4v) is 6.76. The molecule has 0 spiro atoms. The summed E-state index contributed by atoms with van der Waals surface area (Å²) in [7, 11) is -4.55. The molecule has 4 rings (SSSR count). The number of alkyl halides is 2. The molecule has 238 valence electrons. The summed E-state index contributed by atoms with van der Waals surface area (Å²) >= 11 is 6.19. The van der Waals surface area contributed by atoms with Crippen molar-refractivity contribution < 1.29 is 31.5 Å². The van der Waals surface area contributed by atoms with Gasteiger partial charge in [-0.05, 0) is 74.4 Å². The first-order valence-electron chi connectivity index (χ1n) is 15.1. The van der Waals surface area contributed by atoms with E-state index in [2.05, 4.69) is 0 Å². The number of piperidine rings is 1. The number of nitrogens with two attached hydrogens (primary N) is 1. The molecule has 1 heterocycles. The fourth-order valence-electron chi connectivity index (χ4n) is 5.40. The first-order valence-corrected chi connectivity index (χ1v) is 17.0. The average molecular weight is 642 g/mol. The molecule has 0 bridgehead atoms. The zero-order valence-electron chi connectivity index (χ0n) is 24.6. The van der Waals surface area contributed by atoms with Crippen molar-refractivity contribution in [3.63, 3.8) is 0 Å². The molecule has 1 atom stereocenters. The predicted octanol–water partition coefficient (Wildman–Crippen LogP) is 5.87. The Bertz CT molecular complexity index is 1320. The lowest BCUT2D eigenvalue weighted by Gasteiger charge is -2.35. The Labute approximate surface area is 258 Å². The Balaban J connectivity index is 1.57. The lowest BCUT2D eigenvalue weighted by molar-refractivity contribution is -0.145. The average Bonchev–Trinajstić information content (AvgIpc) is 3.00. The molecule has 8 nitrogen and oxygen atoms in total. The van der Waals surface area contributed by atoms with Crippen LogP contribution in [0.4, 0.5) is 8.78 Å². The number of unbranched alkanes of at least 4 members (excludes halogenated alkanes) is 1. The molecule has 1 saturated carbocycles. The van der Waals surface area contributed by atoms with Gasteiger partial charge < -0.3 is 20.1 Å². The van der Waals surface area contributed by atoms with Gasteiger partial charge in [-0.1, -0.05) is 50.3 Å². The van der Waals surface area contributed by atoms with E-state index in [4.69, 9.17) is 26.8 Å². The monoisotopic (exact) mass is 641 g/mol. The maximum atomic E-state index is 16.3. The van der Waals surface area contributed by atoms with Crippen LogP contribution in [0.1, 0.15) is 70.3 Å². The number of likely N-dealkylation sites (tertiary alicyclic amines) is 1. The van der Waals surface area contributed by atoms with E-state index >= 15 is 8.78 Å². The zero-order chi connectivity index (χ0) is 31.0. The van der Waals surface area contributed by atoms with Crippen LogP contribution in [0.5, 0.6) is 11.5 Å². The van der Waals surface area contributed by atoms with Crippen LogP contribution >= 0.6 is 11.6 Å². The van der Waals surface area contributed by atoms with E-state index in [9.17, 15) is 13.2 Å². The number of sulfonamides is 1. The van der Waals surface area contributed by atoms with Gasteiger partial charge in [0.1, 0.15) is 11.5 Å². The van der Waals surface area contributed by atoms with Gasteiger partial charge in [-0.25, -0.2) is 8.42 Å². The Kier molecular flexibility index (Phi) is 11.7. The van der Waals surface area contributed by atoms with Gasteiger partial charge in [0.2, 0.25) is 15.9 Å². The van der Waals surface area contributed by atoms with Gasteiger partial charge >= 0.3 is 0 Å². The molecule has 1 saturated heterocycles. The molecule has 12 heteroatoms. The predicted molar refractivity (Wildman–Crippen MR) is 162 cm³/mol. The molecule has 2 fully saturated rings. The number of halogens is 3. The van der Waals surface area contributed by atoms with Crippen LogP contribution in [-0.4, -0.2) is 57.6 Å². The number of rotatable bonds is 13. The summed E-state index contributed by atoms with van der Waals surface area (Å²) in [4.78, 5) is 14.6. The second-order valence-electron chi connectivity index (χ2n) is 11.5. The van der Waals surface area contributed by atoms with Gasteiger partial charge in [-0.15, -0.1) is 0 Å². The van der Waals surface area contributed by atoms with E-state index in [1.165, 1.54) is 54.5 Å². The molecule has 1 aliphatic heterocycles. The van der Waals surface area contributed by atoms with Crippen molar-refractivity contribution in [3.8, 4) is 11.5 Å². The molecular formula is C31H42ClF2N3O5S. The van der Waals surface area contributed by atoms with Crippen molar-refractivity contribution >= 4 is 27.5 Å². The van der Waals surface area contributed by atoms with E-state index in [1.54, 1.807) is 0 Å². The molecule has 43 heavy (non-hydrogen) atoms. The van der Waals surface area contributed by atoms with E-state index in [-0.39, 0.29) is 41.4 Å². The minimum Gasteiger partial charge on any atom is -0.493 e. The van der Waals surface area contributed by atoms with Crippen LogP contribution in [0, 0.1) is 5.92 Å². The summed E-state index contributed by atoms with van der Waals surface area (Å²) in [5.74, 6) is -3.99. The van der Waals surface area contributed by atoms with E-state index in [1.807, 2.05) is 11.6 Å². The summed E-state index contributed by atoms with van der Waals surface area (Å²) < 4.78 is 72.9. The highest BCUT2D eigenvalue weighted by Gasteiger charge is 2.50. The second kappa shape index (κ2) is 15.0. The van der Waals surface area contributed by atoms with Crippen LogP contribution in [0.25, 0.3) is 0 Å². The van der Waals surface area contributed by atoms with Crippen molar-refractivity contribution in [1.82, 2.24) is 9.62 Å². The Morgan fingerprint density at radius 2 is 1.74 bits per heavy atom. The zero-order valence-corrected chi connectivity index (χ0v) is 26.1. The van der Waals surface area contributed by atoms with Gasteiger partial charge in [0.05, 0.1) is 23.1 Å². The highest BCUT2D eigenvalue weighted by molar-refractivity contribution is 7.89. The number of amides is 1. The number of hydrogen-bond acceptors (Lipinski definition) is 6. The standard InChI is InChI=1S/C31H42ClF2N3O5S/c1-2-3-19-41-28-20-23(9-14-27(28)32)31(33,34)29(30(38)37-17-15-24(35)16-18-37)36-43(39,40)26-12-10-25(11-13-26)42-21-22-7-5-4-6-8-22/h9-14,20,22,24,29,36H,2-8,15-19,21,35H2,1H3/t29-/m1/s1. The smallest absolute Gasteiger partial charge is 0.298 e. The molecule has 3 N–H and O–H groups in total. The highest BCUT2D eigenvalue weighted by atomic mass is 35.5. The lowest BCUT2D eigenvalue weighted by Crippen LogP contribution is -2.58. The van der Waals surface area contributed by atoms with Gasteiger partial charge in [-0.2, -0.15) is 13.5 Å². The number of carbonyl (C=O) groups excluding carboxylic acids is 1. The van der Waals surface area contributed by atoms with E-state index < -0.39 is 33.5 Å². The number of carbonyl (C=O) groups is 1. The summed E-state index contributed by atoms with van der Waals surface area (Å²) in [5, 5.41) is 0.134. The third-order valence-corrected chi connectivity index (χ3v) is 9.90. The Hall–Kier alpha value is -2.47. The van der Waals surface area contributed by atoms with Gasteiger partial charge in [0.25, 0.3) is 5.92 Å². The van der Waals surface area contributed by atoms with Crippen molar-refractivity contribution in [2.75, 3.05) is 26.3 Å². The quantitative estimate of drug-likeness (QED) is 0.265. The second-order valence-corrected chi connectivity index (χ2v) is 13.6. The maximum Gasteiger partial charge on any atom is 0.298 e. The Morgan fingerprint density at radius 1 is 1.07 bits per heavy atom. The number of nitrogens with zero attached hydrogens (tertiary/aromatic N) is 1. The van der Waals surface area contributed by atoms with Gasteiger partial charge in [0.15, 0.2) is 6.04 Å². The minimum atomic E-state index is -4.55. The molecule has 2 aromatic rings. The van der Waals surface area contributed by atoms with Crippen LogP contribution in [0.15, 0.2) is 47.4 Å². The third kappa shape index (κ3) is 8.80. The first kappa shape index (κ1) is 33.4. The normalized spacial score (nSPS) is 17.9. The van der Waals surface area contributed by atoms with Crippen LogP contribution in [0.3, 0.4) is 0 Å². The lowest BCUT2D eigenvalue weighted by atomic mass is 9.90. The van der Waals surface area contributed by atoms with Crippen molar-refractivity contribution in [3.05, 3.63) is 53.1 Å². The van der Waals surface area contributed by atoms with Crippen molar-refractivity contribution in [1.29, 1.82) is 0 Å². The number of benzene rings is 2. The molecular weight excluding hydrogens is 600 g/mol. The van der Waals surface area contributed by atoms with Crippen LogP contribution in [-0.2, 0) is 20.7 Å². The summed E-state index contributed by atoms with van der Waals surface area (Å²) in [6.45, 7) is 3.07. The molecule has 1 amide bonds. The summed E-state index contributed by atoms with van der Waals surface area (Å²) in [6, 6.07) is 6.41. The number of ether oxygens (including phenoxy) is 2. The van der Waals surface area contributed by atoms with Gasteiger partial charge in [0, 0.05) is 24.7 Å². The van der Waals surface area contributed by atoms with E-state index in [0.717, 1.165) is 31.4 Å². The first-order chi connectivity index (χ1) is 20.5. The maximum absolute atomic E-state index is 16.3. The van der Waals surface area contributed by atoms with Crippen molar-refractivity contribution in [2.45, 2.75) is 87.6 Å². The SMILES string of the molecule is CCCCOc1cc(C(F)(F)[C@H](NS(=O)(=O)c2ccc(OCC3CCCCC3)cc2)C(=O)N2CCC(N)CC2)ccc1Cl.